The molecule has 0 saturated carbocycles. The van der Waals surface area contributed by atoms with Gasteiger partial charge in [0.15, 0.2) is 40.3 Å². The van der Waals surface area contributed by atoms with Crippen LogP contribution in [-0.4, -0.2) is 74.0 Å². The van der Waals surface area contributed by atoms with E-state index in [2.05, 4.69) is 15.8 Å². The van der Waals surface area contributed by atoms with Crippen LogP contribution in [0.1, 0.15) is 60.6 Å². The van der Waals surface area contributed by atoms with E-state index < -0.39 is 6.17 Å². The predicted octanol–water partition coefficient (Wildman–Crippen LogP) is 8.72. The number of fused-ring (bicyclic) bond motifs is 1. The van der Waals surface area contributed by atoms with Crippen LogP contribution in [-0.2, 0) is 0 Å². The Morgan fingerprint density at radius 1 is 0.552 bits per heavy atom. The summed E-state index contributed by atoms with van der Waals surface area (Å²) in [5.74, 6) is 5.28. The fraction of sp³-hybridized carbons (Fsp3) is 0.364. The molecule has 2 heterocycles. The van der Waals surface area contributed by atoms with Gasteiger partial charge in [-0.15, -0.1) is 0 Å². The van der Waals surface area contributed by atoms with Crippen LogP contribution in [0.5, 0.6) is 51.7 Å². The van der Waals surface area contributed by atoms with Crippen LogP contribution in [0.4, 0.5) is 5.69 Å². The normalized spacial score (nSPS) is 13.1. The van der Waals surface area contributed by atoms with E-state index in [0.717, 1.165) is 49.8 Å². The second kappa shape index (κ2) is 19.6. The lowest BCUT2D eigenvalue weighted by atomic mass is 10.0. The number of carbonyl (C=O) groups excluding carboxylic acids is 1. The highest BCUT2D eigenvalue weighted by Crippen LogP contribution is 2.46. The van der Waals surface area contributed by atoms with E-state index in [1.54, 1.807) is 68.0 Å². The van der Waals surface area contributed by atoms with Crippen LogP contribution in [0, 0.1) is 0 Å². The van der Waals surface area contributed by atoms with Crippen molar-refractivity contribution in [2.75, 3.05) is 68.3 Å². The zero-order valence-corrected chi connectivity index (χ0v) is 34.0. The van der Waals surface area contributed by atoms with Gasteiger partial charge in [-0.05, 0) is 73.0 Å². The third-order valence-corrected chi connectivity index (χ3v) is 9.85. The molecule has 6 rings (SSSR count). The van der Waals surface area contributed by atoms with Crippen molar-refractivity contribution in [2.45, 2.75) is 44.7 Å². The first-order valence-electron chi connectivity index (χ1n) is 19.1. The van der Waals surface area contributed by atoms with Crippen molar-refractivity contribution in [3.63, 3.8) is 0 Å². The molecule has 14 heteroatoms. The monoisotopic (exact) mass is 797 g/mol. The number of hydrogen-bond donors (Lipinski definition) is 2. The van der Waals surface area contributed by atoms with Gasteiger partial charge in [-0.1, -0.05) is 36.9 Å². The summed E-state index contributed by atoms with van der Waals surface area (Å²) in [5, 5.41) is 10.7. The molecule has 14 nitrogen and oxygen atoms in total. The Labute approximate surface area is 338 Å². The average Bonchev–Trinajstić information content (AvgIpc) is 3.76. The number of nitrogens with one attached hydrogen (secondary N) is 2. The van der Waals surface area contributed by atoms with Gasteiger partial charge in [0.05, 0.1) is 68.5 Å². The molecule has 1 aliphatic heterocycles. The summed E-state index contributed by atoms with van der Waals surface area (Å²) in [6.07, 6.45) is 5.53. The van der Waals surface area contributed by atoms with E-state index in [1.165, 1.54) is 0 Å². The average molecular weight is 798 g/mol. The summed E-state index contributed by atoms with van der Waals surface area (Å²) in [5.41, 5.74) is 4.09. The Morgan fingerprint density at radius 3 is 1.86 bits per heavy atom. The van der Waals surface area contributed by atoms with Crippen LogP contribution in [0.15, 0.2) is 71.3 Å². The summed E-state index contributed by atoms with van der Waals surface area (Å²) in [4.78, 5) is 12.8. The van der Waals surface area contributed by atoms with Gasteiger partial charge in [0.25, 0.3) is 5.91 Å². The Hall–Kier alpha value is -6.44. The lowest BCUT2D eigenvalue weighted by molar-refractivity contribution is 0.0935. The zero-order valence-electron chi connectivity index (χ0n) is 34.0. The maximum Gasteiger partial charge on any atom is 0.255 e. The highest BCUT2D eigenvalue weighted by Gasteiger charge is 2.26. The van der Waals surface area contributed by atoms with Crippen molar-refractivity contribution >= 4 is 11.6 Å². The third kappa shape index (κ3) is 9.22. The molecule has 0 fully saturated rings. The first-order chi connectivity index (χ1) is 28.3. The van der Waals surface area contributed by atoms with Crippen LogP contribution in [0.3, 0.4) is 0 Å². The molecule has 1 atom stereocenters. The molecule has 1 aromatic heterocycles. The number of amides is 1. The van der Waals surface area contributed by atoms with E-state index in [-0.39, 0.29) is 5.91 Å². The molecule has 0 saturated heterocycles. The minimum absolute atomic E-state index is 0.177. The van der Waals surface area contributed by atoms with Crippen molar-refractivity contribution in [3.8, 4) is 74.3 Å². The molecule has 1 aliphatic rings. The lowest BCUT2D eigenvalue weighted by Gasteiger charge is -2.28. The van der Waals surface area contributed by atoms with Crippen LogP contribution in [0.2, 0.25) is 0 Å². The molecule has 58 heavy (non-hydrogen) atoms. The summed E-state index contributed by atoms with van der Waals surface area (Å²) in [7, 11) is 11.1. The summed E-state index contributed by atoms with van der Waals surface area (Å²) >= 11 is 0. The molecule has 0 bridgehead atoms. The molecule has 4 aromatic carbocycles. The standard InChI is InChI=1S/C44H51N3O11/c1-49-29-15-17-32-31(25-29)44(48)46-43(45-32)27-14-18-34(37(22-27)51-3)56-20-12-10-8-9-11-13-21-57-42-35(50-2)19-16-30(40(42)54-6)33-26-36(58-47-33)28-23-38(52-4)41(55-7)39(24-28)53-5/h14-19,22-26,43,45H,8-13,20-21H2,1-7H3,(H,46,48). The maximum atomic E-state index is 12.8. The number of unbranched alkanes of at least 4 members (excludes halogenated alkanes) is 5. The zero-order chi connectivity index (χ0) is 41.0. The quantitative estimate of drug-likeness (QED) is 0.0682. The van der Waals surface area contributed by atoms with E-state index in [4.69, 9.17) is 47.2 Å². The van der Waals surface area contributed by atoms with Crippen molar-refractivity contribution < 1.29 is 51.9 Å². The Bertz CT molecular complexity index is 2140. The minimum atomic E-state index is -0.410. The SMILES string of the molecule is COc1ccc2c(c1)C(=O)NC(c1ccc(OCCCCCCCCOc3c(OC)ccc(-c4cc(-c5cc(OC)c(OC)c(OC)c5)on4)c3OC)c(OC)c1)N2. The second-order valence-electron chi connectivity index (χ2n) is 13.4. The highest BCUT2D eigenvalue weighted by atomic mass is 16.5. The number of rotatable bonds is 21. The van der Waals surface area contributed by atoms with Gasteiger partial charge in [0.1, 0.15) is 17.6 Å². The lowest BCUT2D eigenvalue weighted by Crippen LogP contribution is -2.38. The van der Waals surface area contributed by atoms with Crippen molar-refractivity contribution in [3.05, 3.63) is 77.9 Å². The number of nitrogens with zero attached hydrogens (tertiary/aromatic N) is 1. The van der Waals surface area contributed by atoms with Gasteiger partial charge < -0.3 is 57.8 Å². The number of ether oxygens (including phenoxy) is 9. The van der Waals surface area contributed by atoms with Gasteiger partial charge in [0.2, 0.25) is 11.5 Å². The maximum absolute atomic E-state index is 12.8. The first kappa shape index (κ1) is 41.2. The van der Waals surface area contributed by atoms with Crippen LogP contribution >= 0.6 is 0 Å². The van der Waals surface area contributed by atoms with Crippen molar-refractivity contribution in [2.24, 2.45) is 0 Å². The number of benzene rings is 4. The van der Waals surface area contributed by atoms with Gasteiger partial charge in [-0.3, -0.25) is 4.79 Å². The Balaban J connectivity index is 0.956. The number of hydrogen-bond acceptors (Lipinski definition) is 13. The summed E-state index contributed by atoms with van der Waals surface area (Å²) in [6, 6.07) is 20.2. The molecule has 1 amide bonds. The number of carbonyl (C=O) groups is 1. The fourth-order valence-electron chi connectivity index (χ4n) is 6.79. The van der Waals surface area contributed by atoms with Crippen LogP contribution in [0.25, 0.3) is 22.6 Å². The van der Waals surface area contributed by atoms with Crippen molar-refractivity contribution in [1.29, 1.82) is 0 Å². The van der Waals surface area contributed by atoms with Crippen LogP contribution < -0.4 is 53.3 Å². The van der Waals surface area contributed by atoms with E-state index in [9.17, 15) is 4.79 Å². The predicted molar refractivity (Wildman–Crippen MR) is 219 cm³/mol. The van der Waals surface area contributed by atoms with Gasteiger partial charge in [-0.2, -0.15) is 0 Å². The second-order valence-corrected chi connectivity index (χ2v) is 13.4. The summed E-state index contributed by atoms with van der Waals surface area (Å²) in [6.45, 7) is 1.06. The van der Waals surface area contributed by atoms with E-state index >= 15 is 0 Å². The molecule has 308 valence electrons. The molecule has 2 N–H and O–H groups in total. The Morgan fingerprint density at radius 2 is 1.21 bits per heavy atom. The Kier molecular flexibility index (Phi) is 13.9. The number of methoxy groups -OCH3 is 7. The first-order valence-corrected chi connectivity index (χ1v) is 19.1. The molecule has 1 unspecified atom stereocenters. The van der Waals surface area contributed by atoms with Gasteiger partial charge in [0, 0.05) is 22.9 Å². The molecular weight excluding hydrogens is 746 g/mol. The van der Waals surface area contributed by atoms with E-state index in [1.807, 2.05) is 48.5 Å². The largest absolute Gasteiger partial charge is 0.497 e. The highest BCUT2D eigenvalue weighted by molar-refractivity contribution is 6.02. The van der Waals surface area contributed by atoms with Gasteiger partial charge in [-0.25, -0.2) is 0 Å². The van der Waals surface area contributed by atoms with Gasteiger partial charge >= 0.3 is 0 Å². The molecule has 0 spiro atoms. The van der Waals surface area contributed by atoms with Crippen molar-refractivity contribution in [1.82, 2.24) is 10.5 Å². The summed E-state index contributed by atoms with van der Waals surface area (Å²) < 4.78 is 56.9. The molecule has 0 aliphatic carbocycles. The molecular formula is C44H51N3O11. The molecule has 5 aromatic rings. The smallest absolute Gasteiger partial charge is 0.255 e. The molecule has 0 radical (unpaired) electrons. The fourth-order valence-corrected chi connectivity index (χ4v) is 6.79. The van der Waals surface area contributed by atoms with E-state index in [0.29, 0.717) is 93.1 Å². The third-order valence-electron chi connectivity index (χ3n) is 9.85. The topological polar surface area (TPSA) is 150 Å². The minimum Gasteiger partial charge on any atom is -0.497 e. The number of aromatic nitrogens is 1. The number of anilines is 1.